The van der Waals surface area contributed by atoms with Crippen molar-refractivity contribution in [3.8, 4) is 23.0 Å². The average molecular weight is 516 g/mol. The highest BCUT2D eigenvalue weighted by molar-refractivity contribution is 7.92. The number of nitrogens with zero attached hydrogens (tertiary/aromatic N) is 2. The summed E-state index contributed by atoms with van der Waals surface area (Å²) in [6.45, 7) is -0.0553. The van der Waals surface area contributed by atoms with Gasteiger partial charge in [0.05, 0.1) is 23.9 Å². The van der Waals surface area contributed by atoms with Crippen molar-refractivity contribution in [1.29, 1.82) is 0 Å². The quantitative estimate of drug-likeness (QED) is 0.349. The molecule has 0 bridgehead atoms. The summed E-state index contributed by atoms with van der Waals surface area (Å²) in [7, 11) is -2.89. The Kier molecular flexibility index (Phi) is 7.25. The van der Waals surface area contributed by atoms with Crippen LogP contribution in [0.15, 0.2) is 70.7 Å². The number of phenols is 1. The van der Waals surface area contributed by atoms with Gasteiger partial charge in [-0.2, -0.15) is 5.10 Å². The number of hydrogen-bond acceptors (Lipinski definition) is 8. The third-order valence-electron chi connectivity index (χ3n) is 5.15. The van der Waals surface area contributed by atoms with E-state index in [4.69, 9.17) is 14.2 Å². The van der Waals surface area contributed by atoms with Gasteiger partial charge in [0.15, 0.2) is 23.0 Å². The first-order valence-corrected chi connectivity index (χ1v) is 12.1. The number of carbonyl (C=O) groups excluding carboxylic acids is 1. The van der Waals surface area contributed by atoms with Gasteiger partial charge in [-0.3, -0.25) is 9.10 Å². The van der Waals surface area contributed by atoms with E-state index < -0.39 is 28.3 Å². The van der Waals surface area contributed by atoms with Crippen LogP contribution in [0, 0.1) is 5.82 Å². The molecule has 0 unspecified atom stereocenters. The number of methoxy groups -OCH3 is 1. The number of carbonyl (C=O) groups is 1. The van der Waals surface area contributed by atoms with Crippen LogP contribution in [0.1, 0.15) is 5.56 Å². The molecule has 1 aliphatic heterocycles. The van der Waals surface area contributed by atoms with E-state index >= 15 is 0 Å². The van der Waals surface area contributed by atoms with Gasteiger partial charge in [-0.05, 0) is 48.5 Å². The van der Waals surface area contributed by atoms with Crippen LogP contribution in [0.2, 0.25) is 0 Å². The van der Waals surface area contributed by atoms with Crippen LogP contribution in [0.4, 0.5) is 10.1 Å². The van der Waals surface area contributed by atoms with Gasteiger partial charge >= 0.3 is 0 Å². The highest BCUT2D eigenvalue weighted by Gasteiger charge is 2.29. The van der Waals surface area contributed by atoms with Crippen LogP contribution in [-0.2, 0) is 14.8 Å². The number of para-hydroxylation sites is 1. The number of amides is 1. The number of hydrogen-bond donors (Lipinski definition) is 2. The van der Waals surface area contributed by atoms with Crippen LogP contribution in [0.5, 0.6) is 23.0 Å². The van der Waals surface area contributed by atoms with Crippen LogP contribution in [0.25, 0.3) is 0 Å². The molecule has 0 aromatic heterocycles. The molecule has 0 atom stereocenters. The number of aromatic hydroxyl groups is 1. The van der Waals surface area contributed by atoms with Crippen molar-refractivity contribution in [2.75, 3.05) is 31.2 Å². The molecule has 3 aromatic carbocycles. The molecule has 36 heavy (non-hydrogen) atoms. The van der Waals surface area contributed by atoms with E-state index in [0.29, 0.717) is 12.4 Å². The van der Waals surface area contributed by atoms with Gasteiger partial charge in [-0.15, -0.1) is 0 Å². The van der Waals surface area contributed by atoms with Crippen LogP contribution in [0.3, 0.4) is 0 Å². The molecule has 2 N–H and O–H groups in total. The predicted octanol–water partition coefficient (Wildman–Crippen LogP) is 2.66. The van der Waals surface area contributed by atoms with Crippen molar-refractivity contribution in [2.24, 2.45) is 5.10 Å². The molecule has 3 aromatic rings. The summed E-state index contributed by atoms with van der Waals surface area (Å²) in [5.41, 5.74) is 2.57. The molecule has 0 radical (unpaired) electrons. The summed E-state index contributed by atoms with van der Waals surface area (Å²) in [5.74, 6) is -0.637. The molecule has 188 valence electrons. The Bertz CT molecular complexity index is 1400. The van der Waals surface area contributed by atoms with Gasteiger partial charge in [0.25, 0.3) is 15.9 Å². The monoisotopic (exact) mass is 515 g/mol. The maximum atomic E-state index is 13.5. The smallest absolute Gasteiger partial charge is 0.264 e. The standard InChI is InChI=1S/C24H22FN3O7S/c1-33-21-4-2-3-16(24(21)30)14-26-27-23(29)15-28(18-7-5-17(25)6-8-18)36(31,32)19-9-10-20-22(13-19)35-12-11-34-20/h2-10,13-14,30H,11-12,15H2,1H3,(H,27,29)/b26-14-. The summed E-state index contributed by atoms with van der Waals surface area (Å²) in [6, 6.07) is 13.5. The molecular formula is C24H22FN3O7S. The van der Waals surface area contributed by atoms with E-state index in [1.54, 1.807) is 18.2 Å². The minimum atomic E-state index is -4.28. The molecule has 1 heterocycles. The van der Waals surface area contributed by atoms with E-state index in [0.717, 1.165) is 16.4 Å². The van der Waals surface area contributed by atoms with Gasteiger partial charge in [-0.1, -0.05) is 6.07 Å². The Morgan fingerprint density at radius 1 is 1.14 bits per heavy atom. The minimum absolute atomic E-state index is 0.0656. The van der Waals surface area contributed by atoms with Gasteiger partial charge in [0.1, 0.15) is 25.6 Å². The van der Waals surface area contributed by atoms with Gasteiger partial charge in [-0.25, -0.2) is 18.2 Å². The Labute approximate surface area is 206 Å². The first-order chi connectivity index (χ1) is 17.3. The zero-order chi connectivity index (χ0) is 25.7. The fraction of sp³-hybridized carbons (Fsp3) is 0.167. The lowest BCUT2D eigenvalue weighted by atomic mass is 10.2. The van der Waals surface area contributed by atoms with Crippen molar-refractivity contribution >= 4 is 27.8 Å². The number of phenolic OH excluding ortho intramolecular Hbond substituents is 1. The molecule has 0 saturated carbocycles. The average Bonchev–Trinajstić information content (AvgIpc) is 2.88. The van der Waals surface area contributed by atoms with E-state index in [9.17, 15) is 22.7 Å². The molecule has 12 heteroatoms. The number of sulfonamides is 1. The number of ether oxygens (including phenoxy) is 3. The highest BCUT2D eigenvalue weighted by atomic mass is 32.2. The number of halogens is 1. The fourth-order valence-electron chi connectivity index (χ4n) is 3.38. The van der Waals surface area contributed by atoms with Gasteiger partial charge in [0, 0.05) is 11.6 Å². The fourth-order valence-corrected chi connectivity index (χ4v) is 4.82. The summed E-state index contributed by atoms with van der Waals surface area (Å²) >= 11 is 0. The molecule has 10 nitrogen and oxygen atoms in total. The second-order valence-electron chi connectivity index (χ2n) is 7.48. The van der Waals surface area contributed by atoms with E-state index in [2.05, 4.69) is 10.5 Å². The lowest BCUT2D eigenvalue weighted by Gasteiger charge is -2.25. The topological polar surface area (TPSA) is 127 Å². The Hall–Kier alpha value is -4.32. The van der Waals surface area contributed by atoms with Crippen LogP contribution < -0.4 is 23.9 Å². The summed E-state index contributed by atoms with van der Waals surface area (Å²) in [4.78, 5) is 12.5. The first kappa shape index (κ1) is 24.8. The lowest BCUT2D eigenvalue weighted by molar-refractivity contribution is -0.119. The molecule has 0 aliphatic carbocycles. The predicted molar refractivity (Wildman–Crippen MR) is 129 cm³/mol. The number of nitrogens with one attached hydrogen (secondary N) is 1. The lowest BCUT2D eigenvalue weighted by Crippen LogP contribution is -2.39. The van der Waals surface area contributed by atoms with Crippen molar-refractivity contribution < 1.29 is 36.9 Å². The molecule has 1 amide bonds. The zero-order valence-corrected chi connectivity index (χ0v) is 19.9. The Morgan fingerprint density at radius 2 is 1.86 bits per heavy atom. The summed E-state index contributed by atoms with van der Waals surface area (Å²) in [5, 5.41) is 13.9. The van der Waals surface area contributed by atoms with Crippen molar-refractivity contribution in [3.05, 3.63) is 72.0 Å². The highest BCUT2D eigenvalue weighted by Crippen LogP contribution is 2.34. The van der Waals surface area contributed by atoms with E-state index in [-0.39, 0.29) is 40.0 Å². The van der Waals surface area contributed by atoms with Crippen LogP contribution >= 0.6 is 0 Å². The van der Waals surface area contributed by atoms with Crippen LogP contribution in [-0.4, -0.2) is 52.5 Å². The third-order valence-corrected chi connectivity index (χ3v) is 6.92. The molecular weight excluding hydrogens is 493 g/mol. The van der Waals surface area contributed by atoms with Crippen molar-refractivity contribution in [2.45, 2.75) is 4.90 Å². The summed E-state index contributed by atoms with van der Waals surface area (Å²) in [6.07, 6.45) is 1.19. The molecule has 0 fully saturated rings. The van der Waals surface area contributed by atoms with Crippen molar-refractivity contribution in [1.82, 2.24) is 5.43 Å². The number of benzene rings is 3. The Morgan fingerprint density at radius 3 is 2.58 bits per heavy atom. The summed E-state index contributed by atoms with van der Waals surface area (Å²) < 4.78 is 57.3. The first-order valence-electron chi connectivity index (χ1n) is 10.7. The zero-order valence-electron chi connectivity index (χ0n) is 19.0. The van der Waals surface area contributed by atoms with Gasteiger partial charge in [0.2, 0.25) is 0 Å². The molecule has 0 spiro atoms. The molecule has 4 rings (SSSR count). The third kappa shape index (κ3) is 5.33. The Balaban J connectivity index is 1.58. The van der Waals surface area contributed by atoms with E-state index in [1.165, 1.54) is 43.7 Å². The normalized spacial score (nSPS) is 12.8. The van der Waals surface area contributed by atoms with E-state index in [1.807, 2.05) is 0 Å². The minimum Gasteiger partial charge on any atom is -0.504 e. The molecule has 0 saturated heterocycles. The number of rotatable bonds is 8. The second-order valence-corrected chi connectivity index (χ2v) is 9.35. The van der Waals surface area contributed by atoms with Gasteiger partial charge < -0.3 is 19.3 Å². The van der Waals surface area contributed by atoms with Crippen molar-refractivity contribution in [3.63, 3.8) is 0 Å². The second kappa shape index (κ2) is 10.5. The molecule has 1 aliphatic rings. The maximum absolute atomic E-state index is 13.5. The number of anilines is 1. The maximum Gasteiger partial charge on any atom is 0.264 e. The number of hydrazone groups is 1. The SMILES string of the molecule is COc1cccc(/C=N\NC(=O)CN(c2ccc(F)cc2)S(=O)(=O)c2ccc3c(c2)OCCO3)c1O. The number of fused-ring (bicyclic) bond motifs is 1. The largest absolute Gasteiger partial charge is 0.504 e.